The first kappa shape index (κ1) is 26.8. The van der Waals surface area contributed by atoms with Crippen LogP contribution in [0.3, 0.4) is 0 Å². The van der Waals surface area contributed by atoms with Gasteiger partial charge in [-0.2, -0.15) is 0 Å². The smallest absolute Gasteiger partial charge is 0.247 e. The number of aliphatic hydroxyl groups is 2. The van der Waals surface area contributed by atoms with E-state index in [-0.39, 0.29) is 0 Å². The molecule has 0 saturated carbocycles. The van der Waals surface area contributed by atoms with Crippen LogP contribution in [0, 0.1) is 0 Å². The lowest BCUT2D eigenvalue weighted by molar-refractivity contribution is -0.127. The molecule has 1 amide bonds. The Morgan fingerprint density at radius 1 is 1.11 bits per heavy atom. The third-order valence-electron chi connectivity index (χ3n) is 5.78. The number of aliphatic hydroxyl groups excluding tert-OH is 2. The molecule has 4 N–H and O–H groups in total. The fraction of sp³-hybridized carbons (Fsp3) is 0.320. The predicted molar refractivity (Wildman–Crippen MR) is 132 cm³/mol. The molecule has 2 aromatic rings. The maximum Gasteiger partial charge on any atom is 0.247 e. The molecule has 0 spiro atoms. The zero-order chi connectivity index (χ0) is 26.6. The molecule has 3 unspecified atom stereocenters. The van der Waals surface area contributed by atoms with Crippen LogP contribution in [0.2, 0.25) is 0 Å². The second-order valence-corrected chi connectivity index (χ2v) is 7.80. The summed E-state index contributed by atoms with van der Waals surface area (Å²) in [5.41, 5.74) is 2.32. The van der Waals surface area contributed by atoms with E-state index in [1.165, 1.54) is 35.4 Å². The molecular weight excluding hydrogens is 473 g/mol. The van der Waals surface area contributed by atoms with Gasteiger partial charge in [-0.25, -0.2) is 9.71 Å². The molecule has 1 aliphatic rings. The normalized spacial score (nSPS) is 18.1. The standard InChI is InChI=1S/C25H30FN3O7/c1-7-14-11-19(34-4)21(35-5)22(36-6)20(14)15-8-9-18(33-3)17(10-15)27-23(30)13(2)29-12-16(26)24(31)28-25(29)32/h7-13,24-25,28,31-32H,1H2,2-6H3,(H,27,30). The fourth-order valence-electron chi connectivity index (χ4n) is 3.88. The zero-order valence-electron chi connectivity index (χ0n) is 20.7. The van der Waals surface area contributed by atoms with Crippen LogP contribution >= 0.6 is 0 Å². The highest BCUT2D eigenvalue weighted by atomic mass is 19.1. The van der Waals surface area contributed by atoms with E-state index in [1.54, 1.807) is 30.3 Å². The summed E-state index contributed by atoms with van der Waals surface area (Å²) in [5, 5.41) is 24.6. The molecule has 0 aromatic heterocycles. The van der Waals surface area contributed by atoms with Crippen molar-refractivity contribution in [1.29, 1.82) is 0 Å². The molecular formula is C25H30FN3O7. The number of ether oxygens (including phenoxy) is 4. The third-order valence-corrected chi connectivity index (χ3v) is 5.78. The minimum atomic E-state index is -1.65. The summed E-state index contributed by atoms with van der Waals surface area (Å²) < 4.78 is 35.9. The van der Waals surface area contributed by atoms with Crippen LogP contribution < -0.4 is 29.6 Å². The largest absolute Gasteiger partial charge is 0.495 e. The highest BCUT2D eigenvalue weighted by molar-refractivity contribution is 5.97. The van der Waals surface area contributed by atoms with Crippen LogP contribution in [0.4, 0.5) is 10.1 Å². The van der Waals surface area contributed by atoms with Crippen molar-refractivity contribution in [2.75, 3.05) is 33.8 Å². The lowest BCUT2D eigenvalue weighted by Gasteiger charge is -2.36. The van der Waals surface area contributed by atoms with Gasteiger partial charge in [-0.05, 0) is 36.2 Å². The topological polar surface area (TPSA) is 122 Å². The number of rotatable bonds is 9. The molecule has 0 aliphatic carbocycles. The Bertz CT molecular complexity index is 1170. The number of hydrogen-bond acceptors (Lipinski definition) is 9. The first-order valence-corrected chi connectivity index (χ1v) is 10.9. The third kappa shape index (κ3) is 5.08. The summed E-state index contributed by atoms with van der Waals surface area (Å²) in [7, 11) is 5.97. The second kappa shape index (κ2) is 11.3. The van der Waals surface area contributed by atoms with Crippen molar-refractivity contribution in [3.63, 3.8) is 0 Å². The van der Waals surface area contributed by atoms with Crippen LogP contribution in [0.5, 0.6) is 23.0 Å². The number of nitrogens with zero attached hydrogens (tertiary/aromatic N) is 1. The number of hydrogen-bond donors (Lipinski definition) is 4. The molecule has 1 heterocycles. The molecule has 10 nitrogen and oxygen atoms in total. The van der Waals surface area contributed by atoms with Crippen LogP contribution in [-0.4, -0.2) is 68.1 Å². The average Bonchev–Trinajstić information content (AvgIpc) is 2.88. The van der Waals surface area contributed by atoms with Crippen molar-refractivity contribution >= 4 is 17.7 Å². The molecule has 11 heteroatoms. The average molecular weight is 504 g/mol. The summed E-state index contributed by atoms with van der Waals surface area (Å²) in [6.45, 7) is 5.36. The van der Waals surface area contributed by atoms with Crippen molar-refractivity contribution in [2.24, 2.45) is 0 Å². The van der Waals surface area contributed by atoms with E-state index in [9.17, 15) is 19.4 Å². The van der Waals surface area contributed by atoms with Crippen molar-refractivity contribution < 1.29 is 38.3 Å². The van der Waals surface area contributed by atoms with Crippen LogP contribution in [-0.2, 0) is 4.79 Å². The van der Waals surface area contributed by atoms with E-state index in [4.69, 9.17) is 18.9 Å². The Morgan fingerprint density at radius 3 is 2.36 bits per heavy atom. The predicted octanol–water partition coefficient (Wildman–Crippen LogP) is 2.67. The first-order valence-electron chi connectivity index (χ1n) is 10.9. The Labute approximate surface area is 208 Å². The number of anilines is 1. The Hall–Kier alpha value is -3.80. The van der Waals surface area contributed by atoms with E-state index < -0.39 is 30.4 Å². The number of benzene rings is 2. The van der Waals surface area contributed by atoms with E-state index in [0.717, 1.165) is 11.1 Å². The van der Waals surface area contributed by atoms with Gasteiger partial charge in [0.1, 0.15) is 11.8 Å². The van der Waals surface area contributed by atoms with Crippen LogP contribution in [0.25, 0.3) is 17.2 Å². The van der Waals surface area contributed by atoms with Gasteiger partial charge in [0.25, 0.3) is 0 Å². The maximum absolute atomic E-state index is 13.9. The van der Waals surface area contributed by atoms with Gasteiger partial charge in [0.2, 0.25) is 11.7 Å². The first-order chi connectivity index (χ1) is 17.2. The van der Waals surface area contributed by atoms with Gasteiger partial charge in [0.15, 0.2) is 29.9 Å². The van der Waals surface area contributed by atoms with Crippen molar-refractivity contribution in [3.05, 3.63) is 48.4 Å². The van der Waals surface area contributed by atoms with E-state index in [1.807, 2.05) is 0 Å². The van der Waals surface area contributed by atoms with Gasteiger partial charge in [0, 0.05) is 11.8 Å². The lowest BCUT2D eigenvalue weighted by Crippen LogP contribution is -2.56. The molecule has 0 bridgehead atoms. The van der Waals surface area contributed by atoms with Crippen LogP contribution in [0.15, 0.2) is 42.9 Å². The highest BCUT2D eigenvalue weighted by Crippen LogP contribution is 2.48. The number of halogens is 1. The van der Waals surface area contributed by atoms with E-state index >= 15 is 0 Å². The summed E-state index contributed by atoms with van der Waals surface area (Å²) in [6, 6.07) is 5.89. The summed E-state index contributed by atoms with van der Waals surface area (Å²) in [6.07, 6.45) is -0.600. The minimum absolute atomic E-state index is 0.322. The van der Waals surface area contributed by atoms with Gasteiger partial charge >= 0.3 is 0 Å². The molecule has 2 aromatic carbocycles. The van der Waals surface area contributed by atoms with E-state index in [0.29, 0.717) is 45.4 Å². The minimum Gasteiger partial charge on any atom is -0.495 e. The number of nitrogens with one attached hydrogen (secondary N) is 2. The number of carbonyl (C=O) groups excluding carboxylic acids is 1. The molecule has 0 fully saturated rings. The molecule has 36 heavy (non-hydrogen) atoms. The lowest BCUT2D eigenvalue weighted by atomic mass is 9.96. The second-order valence-electron chi connectivity index (χ2n) is 7.80. The number of carbonyl (C=O) groups is 1. The quantitative estimate of drug-likeness (QED) is 0.409. The SMILES string of the molecule is C=Cc1cc(OC)c(OC)c(OC)c1-c1ccc(OC)c(NC(=O)C(C)N2C=C(F)C(O)NC2O)c1. The Kier molecular flexibility index (Phi) is 8.41. The van der Waals surface area contributed by atoms with Crippen molar-refractivity contribution in [3.8, 4) is 34.1 Å². The summed E-state index contributed by atoms with van der Waals surface area (Å²) >= 11 is 0. The molecule has 3 atom stereocenters. The summed E-state index contributed by atoms with van der Waals surface area (Å²) in [5.74, 6) is 0.130. The molecule has 0 radical (unpaired) electrons. The molecule has 194 valence electrons. The Balaban J connectivity index is 2.04. The van der Waals surface area contributed by atoms with Crippen molar-refractivity contribution in [2.45, 2.75) is 25.5 Å². The molecule has 0 saturated heterocycles. The number of methoxy groups -OCH3 is 4. The van der Waals surface area contributed by atoms with Gasteiger partial charge in [0.05, 0.1) is 34.1 Å². The van der Waals surface area contributed by atoms with Crippen LogP contribution in [0.1, 0.15) is 12.5 Å². The summed E-state index contributed by atoms with van der Waals surface area (Å²) in [4.78, 5) is 14.1. The van der Waals surface area contributed by atoms with E-state index in [2.05, 4.69) is 17.2 Å². The molecule has 3 rings (SSSR count). The maximum atomic E-state index is 13.9. The fourth-order valence-corrected chi connectivity index (χ4v) is 3.88. The highest BCUT2D eigenvalue weighted by Gasteiger charge is 2.32. The molecule has 1 aliphatic heterocycles. The zero-order valence-corrected chi connectivity index (χ0v) is 20.7. The van der Waals surface area contributed by atoms with Gasteiger partial charge < -0.3 is 39.4 Å². The van der Waals surface area contributed by atoms with Gasteiger partial charge in [-0.15, -0.1) is 0 Å². The van der Waals surface area contributed by atoms with Gasteiger partial charge in [-0.3, -0.25) is 4.79 Å². The number of amides is 1. The monoisotopic (exact) mass is 503 g/mol. The Morgan fingerprint density at radius 2 is 1.78 bits per heavy atom. The van der Waals surface area contributed by atoms with Gasteiger partial charge in [-0.1, -0.05) is 18.7 Å². The van der Waals surface area contributed by atoms with Crippen molar-refractivity contribution in [1.82, 2.24) is 10.2 Å².